The molecule has 2 aromatic rings. The van der Waals surface area contributed by atoms with Gasteiger partial charge in [0.25, 0.3) is 0 Å². The van der Waals surface area contributed by atoms with Gasteiger partial charge in [-0.15, -0.1) is 11.3 Å². The Hall–Kier alpha value is -1.19. The molecule has 1 heterocycles. The molecule has 2 nitrogen and oxygen atoms in total. The van der Waals surface area contributed by atoms with E-state index in [1.807, 2.05) is 23.6 Å². The van der Waals surface area contributed by atoms with Crippen molar-refractivity contribution in [2.45, 2.75) is 25.4 Å². The first kappa shape index (κ1) is 10.9. The highest BCUT2D eigenvalue weighted by molar-refractivity contribution is 7.17. The van der Waals surface area contributed by atoms with E-state index in [1.54, 1.807) is 11.3 Å². The molecule has 1 N–H and O–H groups in total. The third kappa shape index (κ3) is 2.13. The maximum atomic E-state index is 11.9. The van der Waals surface area contributed by atoms with Crippen molar-refractivity contribution in [2.75, 3.05) is 0 Å². The summed E-state index contributed by atoms with van der Waals surface area (Å²) in [5, 5.41) is 13.0. The summed E-state index contributed by atoms with van der Waals surface area (Å²) in [6, 6.07) is 8.09. The number of thiophene rings is 1. The Balaban J connectivity index is 1.82. The van der Waals surface area contributed by atoms with E-state index >= 15 is 0 Å². The van der Waals surface area contributed by atoms with E-state index in [0.29, 0.717) is 6.42 Å². The van der Waals surface area contributed by atoms with Crippen LogP contribution in [0.3, 0.4) is 0 Å². The van der Waals surface area contributed by atoms with Crippen molar-refractivity contribution in [1.82, 2.24) is 0 Å². The summed E-state index contributed by atoms with van der Waals surface area (Å²) < 4.78 is 1.20. The van der Waals surface area contributed by atoms with Crippen LogP contribution >= 0.6 is 11.3 Å². The molecule has 0 spiro atoms. The molecular weight excluding hydrogens is 232 g/mol. The Morgan fingerprint density at radius 2 is 2.18 bits per heavy atom. The SMILES string of the molecule is O=C(Cc1csc2ccccc12)C(O)C1CC1. The molecule has 1 aromatic heterocycles. The minimum Gasteiger partial charge on any atom is -0.385 e. The zero-order valence-corrected chi connectivity index (χ0v) is 10.2. The normalized spacial score (nSPS) is 17.2. The number of ketones is 1. The van der Waals surface area contributed by atoms with Crippen molar-refractivity contribution in [3.8, 4) is 0 Å². The fraction of sp³-hybridized carbons (Fsp3) is 0.357. The molecule has 1 aliphatic rings. The molecule has 0 amide bonds. The first-order valence-corrected chi connectivity index (χ1v) is 6.79. The lowest BCUT2D eigenvalue weighted by Gasteiger charge is -2.07. The smallest absolute Gasteiger partial charge is 0.165 e. The van der Waals surface area contributed by atoms with Crippen LogP contribution < -0.4 is 0 Å². The number of carbonyl (C=O) groups excluding carboxylic acids is 1. The summed E-state index contributed by atoms with van der Waals surface area (Å²) in [5.41, 5.74) is 1.05. The molecule has 88 valence electrons. The molecule has 1 fully saturated rings. The van der Waals surface area contributed by atoms with Crippen molar-refractivity contribution in [1.29, 1.82) is 0 Å². The summed E-state index contributed by atoms with van der Waals surface area (Å²) in [4.78, 5) is 11.9. The second-order valence-corrected chi connectivity index (χ2v) is 5.59. The second-order valence-electron chi connectivity index (χ2n) is 4.68. The largest absolute Gasteiger partial charge is 0.385 e. The Labute approximate surface area is 104 Å². The number of Topliss-reactive ketones (excluding diaryl/α,β-unsaturated/α-hetero) is 1. The van der Waals surface area contributed by atoms with Gasteiger partial charge in [-0.2, -0.15) is 0 Å². The number of aliphatic hydroxyl groups is 1. The van der Waals surface area contributed by atoms with Crippen LogP contribution in [0, 0.1) is 5.92 Å². The molecule has 1 aromatic carbocycles. The van der Waals surface area contributed by atoms with E-state index in [0.717, 1.165) is 23.8 Å². The average molecular weight is 246 g/mol. The quantitative estimate of drug-likeness (QED) is 0.900. The number of hydrogen-bond donors (Lipinski definition) is 1. The Bertz CT molecular complexity index is 554. The molecular formula is C14H14O2S. The van der Waals surface area contributed by atoms with Gasteiger partial charge in [-0.05, 0) is 41.2 Å². The monoisotopic (exact) mass is 246 g/mol. The van der Waals surface area contributed by atoms with Crippen LogP contribution in [0.2, 0.25) is 0 Å². The second kappa shape index (κ2) is 4.24. The standard InChI is InChI=1S/C14H14O2S/c15-12(14(16)9-5-6-9)7-10-8-17-13-4-2-1-3-11(10)13/h1-4,8-9,14,16H,5-7H2. The zero-order valence-electron chi connectivity index (χ0n) is 9.43. The van der Waals surface area contributed by atoms with Crippen LogP contribution in [0.15, 0.2) is 29.6 Å². The number of rotatable bonds is 4. The molecule has 3 heteroatoms. The van der Waals surface area contributed by atoms with Crippen molar-refractivity contribution in [3.63, 3.8) is 0 Å². The predicted octanol–water partition coefficient (Wildman–Crippen LogP) is 2.78. The third-order valence-electron chi connectivity index (χ3n) is 3.32. The van der Waals surface area contributed by atoms with Gasteiger partial charge in [-0.25, -0.2) is 0 Å². The molecule has 3 rings (SSSR count). The highest BCUT2D eigenvalue weighted by Gasteiger charge is 2.34. The summed E-state index contributed by atoms with van der Waals surface area (Å²) >= 11 is 1.66. The van der Waals surface area contributed by atoms with Crippen molar-refractivity contribution in [3.05, 3.63) is 35.2 Å². The van der Waals surface area contributed by atoms with Gasteiger partial charge in [0.2, 0.25) is 0 Å². The fourth-order valence-electron chi connectivity index (χ4n) is 2.14. The van der Waals surface area contributed by atoms with E-state index in [-0.39, 0.29) is 11.7 Å². The molecule has 0 aliphatic heterocycles. The number of fused-ring (bicyclic) bond motifs is 1. The van der Waals surface area contributed by atoms with Crippen LogP contribution in [0.25, 0.3) is 10.1 Å². The van der Waals surface area contributed by atoms with E-state index in [9.17, 15) is 9.90 Å². The minimum atomic E-state index is -0.742. The van der Waals surface area contributed by atoms with Gasteiger partial charge < -0.3 is 5.11 Å². The summed E-state index contributed by atoms with van der Waals surface area (Å²) in [7, 11) is 0. The molecule has 0 radical (unpaired) electrons. The van der Waals surface area contributed by atoms with Gasteiger partial charge in [-0.3, -0.25) is 4.79 Å². The summed E-state index contributed by atoms with van der Waals surface area (Å²) in [5.74, 6) is 0.198. The fourth-order valence-corrected chi connectivity index (χ4v) is 3.10. The van der Waals surface area contributed by atoms with Crippen molar-refractivity contribution >= 4 is 27.2 Å². The Kier molecular flexibility index (Phi) is 2.73. The first-order valence-electron chi connectivity index (χ1n) is 5.91. The maximum absolute atomic E-state index is 11.9. The highest BCUT2D eigenvalue weighted by Crippen LogP contribution is 2.34. The molecule has 0 saturated heterocycles. The number of carbonyl (C=O) groups is 1. The van der Waals surface area contributed by atoms with Crippen LogP contribution in [-0.4, -0.2) is 17.0 Å². The van der Waals surface area contributed by atoms with Gasteiger partial charge in [0, 0.05) is 11.1 Å². The lowest BCUT2D eigenvalue weighted by Crippen LogP contribution is -2.24. The van der Waals surface area contributed by atoms with Crippen molar-refractivity contribution in [2.24, 2.45) is 5.92 Å². The van der Waals surface area contributed by atoms with E-state index in [1.165, 1.54) is 4.70 Å². The summed E-state index contributed by atoms with van der Waals surface area (Å²) in [6.07, 6.45) is 1.62. The van der Waals surface area contributed by atoms with Gasteiger partial charge in [0.15, 0.2) is 5.78 Å². The van der Waals surface area contributed by atoms with Crippen LogP contribution in [0.1, 0.15) is 18.4 Å². The summed E-state index contributed by atoms with van der Waals surface area (Å²) in [6.45, 7) is 0. The number of aliphatic hydroxyl groups excluding tert-OH is 1. The maximum Gasteiger partial charge on any atom is 0.165 e. The van der Waals surface area contributed by atoms with E-state index < -0.39 is 6.10 Å². The number of hydrogen-bond acceptors (Lipinski definition) is 3. The predicted molar refractivity (Wildman–Crippen MR) is 69.3 cm³/mol. The lowest BCUT2D eigenvalue weighted by atomic mass is 10.0. The number of benzene rings is 1. The molecule has 1 saturated carbocycles. The first-order chi connectivity index (χ1) is 8.25. The Morgan fingerprint density at radius 1 is 1.41 bits per heavy atom. The Morgan fingerprint density at radius 3 is 2.94 bits per heavy atom. The molecule has 0 bridgehead atoms. The van der Waals surface area contributed by atoms with Gasteiger partial charge in [0.05, 0.1) is 0 Å². The van der Waals surface area contributed by atoms with E-state index in [4.69, 9.17) is 0 Å². The van der Waals surface area contributed by atoms with Gasteiger partial charge >= 0.3 is 0 Å². The molecule has 1 unspecified atom stereocenters. The van der Waals surface area contributed by atoms with Crippen molar-refractivity contribution < 1.29 is 9.90 Å². The highest BCUT2D eigenvalue weighted by atomic mass is 32.1. The third-order valence-corrected chi connectivity index (χ3v) is 4.34. The molecule has 1 atom stereocenters. The molecule has 17 heavy (non-hydrogen) atoms. The van der Waals surface area contributed by atoms with E-state index in [2.05, 4.69) is 6.07 Å². The minimum absolute atomic E-state index is 0.0314. The van der Waals surface area contributed by atoms with Crippen LogP contribution in [0.4, 0.5) is 0 Å². The average Bonchev–Trinajstić information content (AvgIpc) is 3.12. The van der Waals surface area contributed by atoms with Gasteiger partial charge in [-0.1, -0.05) is 18.2 Å². The van der Waals surface area contributed by atoms with Crippen LogP contribution in [-0.2, 0) is 11.2 Å². The van der Waals surface area contributed by atoms with Gasteiger partial charge in [0.1, 0.15) is 6.10 Å². The lowest BCUT2D eigenvalue weighted by molar-refractivity contribution is -0.127. The zero-order chi connectivity index (χ0) is 11.8. The van der Waals surface area contributed by atoms with Crippen LogP contribution in [0.5, 0.6) is 0 Å². The molecule has 1 aliphatic carbocycles. The topological polar surface area (TPSA) is 37.3 Å².